The maximum atomic E-state index is 11.8. The molecule has 0 aliphatic carbocycles. The molecule has 0 spiro atoms. The average Bonchev–Trinajstić information content (AvgIpc) is 2.37. The SMILES string of the molecule is CC(C)[C@@H](N)C(=O)Nc1ccc(C(=O)N(C)C)cc1.Cl. The Balaban J connectivity index is 0.00000361. The number of hydrogen-bond acceptors (Lipinski definition) is 3. The highest BCUT2D eigenvalue weighted by Crippen LogP contribution is 2.12. The quantitative estimate of drug-likeness (QED) is 0.889. The summed E-state index contributed by atoms with van der Waals surface area (Å²) in [5.74, 6) is -0.215. The van der Waals surface area contributed by atoms with Crippen LogP contribution in [0.15, 0.2) is 24.3 Å². The van der Waals surface area contributed by atoms with E-state index in [-0.39, 0.29) is 30.1 Å². The first-order chi connectivity index (χ1) is 8.82. The fraction of sp³-hybridized carbons (Fsp3) is 0.429. The molecule has 1 aromatic rings. The Morgan fingerprint density at radius 1 is 1.15 bits per heavy atom. The van der Waals surface area contributed by atoms with Crippen molar-refractivity contribution < 1.29 is 9.59 Å². The second-order valence-electron chi connectivity index (χ2n) is 5.04. The van der Waals surface area contributed by atoms with Crippen LogP contribution in [-0.4, -0.2) is 36.9 Å². The molecule has 0 heterocycles. The molecule has 1 aromatic carbocycles. The van der Waals surface area contributed by atoms with Crippen LogP contribution >= 0.6 is 12.4 Å². The zero-order valence-electron chi connectivity index (χ0n) is 12.2. The van der Waals surface area contributed by atoms with Gasteiger partial charge in [-0.25, -0.2) is 0 Å². The normalized spacial score (nSPS) is 11.5. The Labute approximate surface area is 125 Å². The van der Waals surface area contributed by atoms with Crippen molar-refractivity contribution in [1.82, 2.24) is 4.90 Å². The molecule has 0 saturated heterocycles. The lowest BCUT2D eigenvalue weighted by Gasteiger charge is -2.15. The van der Waals surface area contributed by atoms with Crippen LogP contribution in [0.4, 0.5) is 5.69 Å². The largest absolute Gasteiger partial charge is 0.345 e. The Bertz CT molecular complexity index is 458. The standard InChI is InChI=1S/C14H21N3O2.ClH/c1-9(2)12(15)13(18)16-11-7-5-10(6-8-11)14(19)17(3)4;/h5-9,12H,15H2,1-4H3,(H,16,18);1H/t12-;/m1./s1. The highest BCUT2D eigenvalue weighted by atomic mass is 35.5. The van der Waals surface area contributed by atoms with E-state index in [0.717, 1.165) is 0 Å². The number of rotatable bonds is 4. The first-order valence-electron chi connectivity index (χ1n) is 6.21. The van der Waals surface area contributed by atoms with Crippen molar-refractivity contribution >= 4 is 29.9 Å². The van der Waals surface area contributed by atoms with Gasteiger partial charge in [0, 0.05) is 25.3 Å². The van der Waals surface area contributed by atoms with Crippen LogP contribution in [0.5, 0.6) is 0 Å². The number of amides is 2. The summed E-state index contributed by atoms with van der Waals surface area (Å²) in [6.45, 7) is 3.78. The summed E-state index contributed by atoms with van der Waals surface area (Å²) in [5, 5.41) is 2.73. The lowest BCUT2D eigenvalue weighted by atomic mass is 10.0. The molecule has 5 nitrogen and oxygen atoms in total. The lowest BCUT2D eigenvalue weighted by molar-refractivity contribution is -0.118. The monoisotopic (exact) mass is 299 g/mol. The number of nitrogens with two attached hydrogens (primary N) is 1. The van der Waals surface area contributed by atoms with Gasteiger partial charge in [0.25, 0.3) is 5.91 Å². The third-order valence-electron chi connectivity index (χ3n) is 2.83. The van der Waals surface area contributed by atoms with Crippen molar-refractivity contribution in [2.45, 2.75) is 19.9 Å². The van der Waals surface area contributed by atoms with E-state index in [2.05, 4.69) is 5.32 Å². The van der Waals surface area contributed by atoms with E-state index in [1.165, 1.54) is 4.90 Å². The summed E-state index contributed by atoms with van der Waals surface area (Å²) in [5.41, 5.74) is 6.97. The molecule has 6 heteroatoms. The van der Waals surface area contributed by atoms with Gasteiger partial charge in [-0.15, -0.1) is 12.4 Å². The molecule has 0 fully saturated rings. The molecular formula is C14H22ClN3O2. The predicted molar refractivity (Wildman–Crippen MR) is 83.2 cm³/mol. The van der Waals surface area contributed by atoms with Crippen molar-refractivity contribution in [2.24, 2.45) is 11.7 Å². The number of carbonyl (C=O) groups is 2. The minimum Gasteiger partial charge on any atom is -0.345 e. The van der Waals surface area contributed by atoms with Crippen LogP contribution in [0.2, 0.25) is 0 Å². The topological polar surface area (TPSA) is 75.4 Å². The minimum atomic E-state index is -0.539. The van der Waals surface area contributed by atoms with Gasteiger partial charge in [0.2, 0.25) is 5.91 Å². The highest BCUT2D eigenvalue weighted by molar-refractivity contribution is 5.97. The van der Waals surface area contributed by atoms with Crippen LogP contribution in [0, 0.1) is 5.92 Å². The molecule has 20 heavy (non-hydrogen) atoms. The fourth-order valence-corrected chi connectivity index (χ4v) is 1.48. The molecule has 0 saturated carbocycles. The summed E-state index contributed by atoms with van der Waals surface area (Å²) in [4.78, 5) is 25.0. The predicted octanol–water partition coefficient (Wildman–Crippen LogP) is 1.73. The van der Waals surface area contributed by atoms with Gasteiger partial charge in [0.15, 0.2) is 0 Å². The Hall–Kier alpha value is -1.59. The molecule has 112 valence electrons. The molecule has 0 aliphatic heterocycles. The van der Waals surface area contributed by atoms with Crippen LogP contribution in [0.25, 0.3) is 0 Å². The molecule has 3 N–H and O–H groups in total. The molecule has 1 rings (SSSR count). The zero-order chi connectivity index (χ0) is 14.6. The second-order valence-corrected chi connectivity index (χ2v) is 5.04. The number of hydrogen-bond donors (Lipinski definition) is 2. The first kappa shape index (κ1) is 18.4. The van der Waals surface area contributed by atoms with E-state index < -0.39 is 6.04 Å². The number of anilines is 1. The van der Waals surface area contributed by atoms with Crippen molar-refractivity contribution in [3.05, 3.63) is 29.8 Å². The van der Waals surface area contributed by atoms with Gasteiger partial charge in [-0.1, -0.05) is 13.8 Å². The summed E-state index contributed by atoms with van der Waals surface area (Å²) in [6.07, 6.45) is 0. The fourth-order valence-electron chi connectivity index (χ4n) is 1.48. The van der Waals surface area contributed by atoms with Crippen molar-refractivity contribution in [3.8, 4) is 0 Å². The molecule has 0 unspecified atom stereocenters. The number of carbonyl (C=O) groups excluding carboxylic acids is 2. The van der Waals surface area contributed by atoms with E-state index >= 15 is 0 Å². The first-order valence-corrected chi connectivity index (χ1v) is 6.21. The Morgan fingerprint density at radius 3 is 2.05 bits per heavy atom. The number of nitrogens with one attached hydrogen (secondary N) is 1. The second kappa shape index (κ2) is 7.87. The van der Waals surface area contributed by atoms with E-state index in [4.69, 9.17) is 5.73 Å². The molecule has 0 radical (unpaired) electrons. The molecule has 0 aliphatic rings. The number of halogens is 1. The molecule has 0 bridgehead atoms. The number of nitrogens with zero attached hydrogens (tertiary/aromatic N) is 1. The van der Waals surface area contributed by atoms with Crippen molar-refractivity contribution in [3.63, 3.8) is 0 Å². The minimum absolute atomic E-state index is 0. The average molecular weight is 300 g/mol. The van der Waals surface area contributed by atoms with Crippen LogP contribution in [0.3, 0.4) is 0 Å². The van der Waals surface area contributed by atoms with Gasteiger partial charge >= 0.3 is 0 Å². The summed E-state index contributed by atoms with van der Waals surface area (Å²) >= 11 is 0. The number of benzene rings is 1. The Kier molecular flexibility index (Phi) is 7.24. The van der Waals surface area contributed by atoms with E-state index in [1.807, 2.05) is 13.8 Å². The van der Waals surface area contributed by atoms with Crippen LogP contribution in [0.1, 0.15) is 24.2 Å². The van der Waals surface area contributed by atoms with Crippen LogP contribution in [-0.2, 0) is 4.79 Å². The zero-order valence-corrected chi connectivity index (χ0v) is 13.0. The van der Waals surface area contributed by atoms with E-state index in [0.29, 0.717) is 11.3 Å². The van der Waals surface area contributed by atoms with Crippen LogP contribution < -0.4 is 11.1 Å². The molecular weight excluding hydrogens is 278 g/mol. The lowest BCUT2D eigenvalue weighted by Crippen LogP contribution is -2.39. The highest BCUT2D eigenvalue weighted by Gasteiger charge is 2.17. The van der Waals surface area contributed by atoms with Crippen molar-refractivity contribution in [2.75, 3.05) is 19.4 Å². The van der Waals surface area contributed by atoms with Gasteiger partial charge in [0.1, 0.15) is 0 Å². The van der Waals surface area contributed by atoms with E-state index in [9.17, 15) is 9.59 Å². The van der Waals surface area contributed by atoms with E-state index in [1.54, 1.807) is 38.4 Å². The maximum absolute atomic E-state index is 11.8. The van der Waals surface area contributed by atoms with Gasteiger partial charge in [-0.2, -0.15) is 0 Å². The van der Waals surface area contributed by atoms with Gasteiger partial charge in [-0.3, -0.25) is 9.59 Å². The van der Waals surface area contributed by atoms with Gasteiger partial charge in [0.05, 0.1) is 6.04 Å². The summed E-state index contributed by atoms with van der Waals surface area (Å²) < 4.78 is 0. The molecule has 0 aromatic heterocycles. The Morgan fingerprint density at radius 2 is 1.65 bits per heavy atom. The molecule has 1 atom stereocenters. The maximum Gasteiger partial charge on any atom is 0.253 e. The van der Waals surface area contributed by atoms with Gasteiger partial charge in [-0.05, 0) is 30.2 Å². The third kappa shape index (κ3) is 4.83. The summed E-state index contributed by atoms with van der Waals surface area (Å²) in [7, 11) is 3.39. The molecule has 2 amide bonds. The van der Waals surface area contributed by atoms with Gasteiger partial charge < -0.3 is 16.0 Å². The van der Waals surface area contributed by atoms with Crippen molar-refractivity contribution in [1.29, 1.82) is 0 Å². The summed E-state index contributed by atoms with van der Waals surface area (Å²) in [6, 6.07) is 6.21. The smallest absolute Gasteiger partial charge is 0.253 e. The third-order valence-corrected chi connectivity index (χ3v) is 2.83.